The van der Waals surface area contributed by atoms with E-state index in [9.17, 15) is 9.90 Å². The Morgan fingerprint density at radius 1 is 1.31 bits per heavy atom. The molecule has 1 saturated carbocycles. The SMILES string of the molecule is C[C@@]1(O)CCCC[C@@H]1C(=O)c1ccccc1. The molecule has 0 aromatic heterocycles. The standard InChI is InChI=1S/C14H18O2/c1-14(16)10-6-5-9-12(14)13(15)11-7-3-2-4-8-11/h2-4,7-8,12,16H,5-6,9-10H2,1H3/t12-,14-/m1/s1. The number of aliphatic hydroxyl groups is 1. The Bertz CT molecular complexity index is 368. The van der Waals surface area contributed by atoms with Gasteiger partial charge in [0.05, 0.1) is 11.5 Å². The number of hydrogen-bond acceptors (Lipinski definition) is 2. The Kier molecular flexibility index (Phi) is 3.10. The molecule has 1 aliphatic carbocycles. The van der Waals surface area contributed by atoms with E-state index in [0.717, 1.165) is 31.2 Å². The minimum Gasteiger partial charge on any atom is -0.389 e. The van der Waals surface area contributed by atoms with Crippen LogP contribution in [0.25, 0.3) is 0 Å². The van der Waals surface area contributed by atoms with Crippen molar-refractivity contribution < 1.29 is 9.90 Å². The van der Waals surface area contributed by atoms with Crippen molar-refractivity contribution in [3.8, 4) is 0 Å². The van der Waals surface area contributed by atoms with Gasteiger partial charge in [0.25, 0.3) is 0 Å². The third kappa shape index (κ3) is 2.17. The van der Waals surface area contributed by atoms with Crippen LogP contribution in [0.4, 0.5) is 0 Å². The van der Waals surface area contributed by atoms with Crippen LogP contribution in [0, 0.1) is 5.92 Å². The first-order chi connectivity index (χ1) is 7.61. The van der Waals surface area contributed by atoms with E-state index in [0.29, 0.717) is 0 Å². The molecule has 0 bridgehead atoms. The zero-order valence-electron chi connectivity index (χ0n) is 9.65. The van der Waals surface area contributed by atoms with Gasteiger partial charge in [-0.1, -0.05) is 43.2 Å². The van der Waals surface area contributed by atoms with Gasteiger partial charge in [-0.3, -0.25) is 4.79 Å². The lowest BCUT2D eigenvalue weighted by Gasteiger charge is -2.36. The van der Waals surface area contributed by atoms with Crippen molar-refractivity contribution in [2.75, 3.05) is 0 Å². The first kappa shape index (κ1) is 11.3. The number of ketones is 1. The first-order valence-electron chi connectivity index (χ1n) is 5.93. The molecule has 1 aromatic rings. The molecule has 0 aliphatic heterocycles. The van der Waals surface area contributed by atoms with Crippen LogP contribution in [-0.4, -0.2) is 16.5 Å². The maximum absolute atomic E-state index is 12.3. The molecular formula is C14H18O2. The van der Waals surface area contributed by atoms with Crippen molar-refractivity contribution >= 4 is 5.78 Å². The van der Waals surface area contributed by atoms with Crippen LogP contribution in [0.15, 0.2) is 30.3 Å². The molecule has 0 saturated heterocycles. The molecule has 2 nitrogen and oxygen atoms in total. The minimum absolute atomic E-state index is 0.0882. The normalized spacial score (nSPS) is 30.0. The maximum Gasteiger partial charge on any atom is 0.168 e. The van der Waals surface area contributed by atoms with E-state index < -0.39 is 5.60 Å². The van der Waals surface area contributed by atoms with Gasteiger partial charge in [0.1, 0.15) is 0 Å². The third-order valence-corrected chi connectivity index (χ3v) is 3.55. The molecule has 1 aliphatic rings. The molecule has 0 spiro atoms. The van der Waals surface area contributed by atoms with Crippen LogP contribution in [0.1, 0.15) is 43.0 Å². The van der Waals surface area contributed by atoms with E-state index in [1.54, 1.807) is 6.92 Å². The molecule has 0 heterocycles. The highest BCUT2D eigenvalue weighted by Crippen LogP contribution is 2.35. The quantitative estimate of drug-likeness (QED) is 0.775. The number of carbonyl (C=O) groups excluding carboxylic acids is 1. The summed E-state index contributed by atoms with van der Waals surface area (Å²) in [6, 6.07) is 9.28. The number of hydrogen-bond donors (Lipinski definition) is 1. The molecule has 0 amide bonds. The molecule has 1 N–H and O–H groups in total. The summed E-state index contributed by atoms with van der Waals surface area (Å²) in [6.45, 7) is 1.79. The van der Waals surface area contributed by atoms with Crippen LogP contribution >= 0.6 is 0 Å². The second-order valence-electron chi connectivity index (χ2n) is 4.89. The molecule has 0 radical (unpaired) electrons. The molecule has 0 unspecified atom stereocenters. The number of rotatable bonds is 2. The lowest BCUT2D eigenvalue weighted by molar-refractivity contribution is -0.0211. The molecular weight excluding hydrogens is 200 g/mol. The molecule has 16 heavy (non-hydrogen) atoms. The second kappa shape index (κ2) is 4.38. The molecule has 1 aromatic carbocycles. The van der Waals surface area contributed by atoms with Crippen molar-refractivity contribution in [3.63, 3.8) is 0 Å². The fraction of sp³-hybridized carbons (Fsp3) is 0.500. The van der Waals surface area contributed by atoms with Gasteiger partial charge in [-0.25, -0.2) is 0 Å². The average Bonchev–Trinajstić information content (AvgIpc) is 2.29. The Hall–Kier alpha value is -1.15. The van der Waals surface area contributed by atoms with Crippen molar-refractivity contribution in [3.05, 3.63) is 35.9 Å². The summed E-state index contributed by atoms with van der Waals surface area (Å²) >= 11 is 0. The summed E-state index contributed by atoms with van der Waals surface area (Å²) in [5, 5.41) is 10.2. The smallest absolute Gasteiger partial charge is 0.168 e. The maximum atomic E-state index is 12.3. The highest BCUT2D eigenvalue weighted by Gasteiger charge is 2.39. The fourth-order valence-electron chi connectivity index (χ4n) is 2.53. The van der Waals surface area contributed by atoms with Crippen molar-refractivity contribution in [2.24, 2.45) is 5.92 Å². The average molecular weight is 218 g/mol. The Labute approximate surface area is 96.3 Å². The van der Waals surface area contributed by atoms with Gasteiger partial charge < -0.3 is 5.11 Å². The number of benzene rings is 1. The van der Waals surface area contributed by atoms with Crippen LogP contribution in [0.5, 0.6) is 0 Å². The Morgan fingerprint density at radius 2 is 2.00 bits per heavy atom. The van der Waals surface area contributed by atoms with E-state index >= 15 is 0 Å². The monoisotopic (exact) mass is 218 g/mol. The summed E-state index contributed by atoms with van der Waals surface area (Å²) in [5.41, 5.74) is -0.111. The topological polar surface area (TPSA) is 37.3 Å². The third-order valence-electron chi connectivity index (χ3n) is 3.55. The second-order valence-corrected chi connectivity index (χ2v) is 4.89. The molecule has 2 heteroatoms. The lowest BCUT2D eigenvalue weighted by atomic mass is 9.73. The van der Waals surface area contributed by atoms with Gasteiger partial charge >= 0.3 is 0 Å². The zero-order chi connectivity index (χ0) is 11.6. The van der Waals surface area contributed by atoms with Crippen LogP contribution < -0.4 is 0 Å². The molecule has 2 atom stereocenters. The summed E-state index contributed by atoms with van der Waals surface area (Å²) in [7, 11) is 0. The molecule has 2 rings (SSSR count). The van der Waals surface area contributed by atoms with Gasteiger partial charge in [0.2, 0.25) is 0 Å². The van der Waals surface area contributed by atoms with Gasteiger partial charge in [0, 0.05) is 5.56 Å². The van der Waals surface area contributed by atoms with Gasteiger partial charge in [-0.15, -0.1) is 0 Å². The highest BCUT2D eigenvalue weighted by molar-refractivity contribution is 5.98. The predicted molar refractivity (Wildman–Crippen MR) is 63.4 cm³/mol. The van der Waals surface area contributed by atoms with E-state index in [1.165, 1.54) is 0 Å². The van der Waals surface area contributed by atoms with Crippen molar-refractivity contribution in [2.45, 2.75) is 38.2 Å². The van der Waals surface area contributed by atoms with Crippen LogP contribution in [-0.2, 0) is 0 Å². The zero-order valence-corrected chi connectivity index (χ0v) is 9.65. The largest absolute Gasteiger partial charge is 0.389 e. The summed E-state index contributed by atoms with van der Waals surface area (Å²) in [6.07, 6.45) is 3.60. The van der Waals surface area contributed by atoms with E-state index in [-0.39, 0.29) is 11.7 Å². The van der Waals surface area contributed by atoms with E-state index in [1.807, 2.05) is 30.3 Å². The fourth-order valence-corrected chi connectivity index (χ4v) is 2.53. The lowest BCUT2D eigenvalue weighted by Crippen LogP contribution is -2.42. The minimum atomic E-state index is -0.828. The van der Waals surface area contributed by atoms with Crippen LogP contribution in [0.2, 0.25) is 0 Å². The van der Waals surface area contributed by atoms with E-state index in [2.05, 4.69) is 0 Å². The van der Waals surface area contributed by atoms with Gasteiger partial charge in [-0.2, -0.15) is 0 Å². The van der Waals surface area contributed by atoms with E-state index in [4.69, 9.17) is 0 Å². The predicted octanol–water partition coefficient (Wildman–Crippen LogP) is 2.81. The number of Topliss-reactive ketones (excluding diaryl/α,β-unsaturated/α-hetero) is 1. The Morgan fingerprint density at radius 3 is 2.62 bits per heavy atom. The number of carbonyl (C=O) groups is 1. The first-order valence-corrected chi connectivity index (χ1v) is 5.93. The summed E-state index contributed by atoms with van der Waals surface area (Å²) in [5.74, 6) is -0.144. The molecule has 1 fully saturated rings. The summed E-state index contributed by atoms with van der Waals surface area (Å²) < 4.78 is 0. The summed E-state index contributed by atoms with van der Waals surface area (Å²) in [4.78, 5) is 12.3. The molecule has 86 valence electrons. The van der Waals surface area contributed by atoms with Gasteiger partial charge in [-0.05, 0) is 19.8 Å². The van der Waals surface area contributed by atoms with Crippen molar-refractivity contribution in [1.82, 2.24) is 0 Å². The Balaban J connectivity index is 2.21. The van der Waals surface area contributed by atoms with Crippen LogP contribution in [0.3, 0.4) is 0 Å². The van der Waals surface area contributed by atoms with Gasteiger partial charge in [0.15, 0.2) is 5.78 Å². The highest BCUT2D eigenvalue weighted by atomic mass is 16.3. The van der Waals surface area contributed by atoms with Crippen molar-refractivity contribution in [1.29, 1.82) is 0 Å².